The number of amides is 3. The van der Waals surface area contributed by atoms with Gasteiger partial charge in [-0.3, -0.25) is 19.3 Å². The Balaban J connectivity index is 1.45. The van der Waals surface area contributed by atoms with Crippen molar-refractivity contribution in [3.05, 3.63) is 35.4 Å². The van der Waals surface area contributed by atoms with Gasteiger partial charge in [0.25, 0.3) is 11.8 Å². The first-order valence-electron chi connectivity index (χ1n) is 8.51. The Kier molecular flexibility index (Phi) is 3.64. The van der Waals surface area contributed by atoms with Crippen LogP contribution in [0.4, 0.5) is 0 Å². The quantitative estimate of drug-likeness (QED) is 0.842. The van der Waals surface area contributed by atoms with E-state index in [0.29, 0.717) is 23.2 Å². The summed E-state index contributed by atoms with van der Waals surface area (Å²) in [6.45, 7) is -0.178. The van der Waals surface area contributed by atoms with Gasteiger partial charge >= 0.3 is 0 Å². The monoisotopic (exact) mass is 327 g/mol. The summed E-state index contributed by atoms with van der Waals surface area (Å²) in [7, 11) is 1.79. The standard InChI is InChI=1S/C18H21N3O3/c1-20(13-8-11-6-7-12(9-13)19-11)16(22)10-21-17(23)14-4-2-3-5-15(14)18(21)24/h2-5,11-13,19H,6-10H2,1H3. The van der Waals surface area contributed by atoms with Crippen LogP contribution in [0.15, 0.2) is 24.3 Å². The Morgan fingerprint density at radius 1 is 1.12 bits per heavy atom. The summed E-state index contributed by atoms with van der Waals surface area (Å²) in [6.07, 6.45) is 4.23. The van der Waals surface area contributed by atoms with Gasteiger partial charge in [-0.25, -0.2) is 0 Å². The fourth-order valence-corrected chi connectivity index (χ4v) is 4.18. The topological polar surface area (TPSA) is 69.7 Å². The summed E-state index contributed by atoms with van der Waals surface area (Å²) in [5, 5.41) is 3.56. The van der Waals surface area contributed by atoms with Crippen LogP contribution in [0.1, 0.15) is 46.4 Å². The van der Waals surface area contributed by atoms with Crippen LogP contribution < -0.4 is 5.32 Å². The molecule has 126 valence electrons. The van der Waals surface area contributed by atoms with E-state index in [1.165, 1.54) is 12.8 Å². The van der Waals surface area contributed by atoms with Crippen molar-refractivity contribution in [3.8, 4) is 0 Å². The van der Waals surface area contributed by atoms with E-state index in [2.05, 4.69) is 5.32 Å². The van der Waals surface area contributed by atoms with E-state index in [4.69, 9.17) is 0 Å². The van der Waals surface area contributed by atoms with Crippen molar-refractivity contribution < 1.29 is 14.4 Å². The third-order valence-electron chi connectivity index (χ3n) is 5.56. The van der Waals surface area contributed by atoms with Gasteiger partial charge in [0.05, 0.1) is 11.1 Å². The van der Waals surface area contributed by atoms with Crippen molar-refractivity contribution in [2.24, 2.45) is 0 Å². The lowest BCUT2D eigenvalue weighted by atomic mass is 9.98. The maximum atomic E-state index is 12.6. The van der Waals surface area contributed by atoms with Gasteiger partial charge in [-0.05, 0) is 37.8 Å². The zero-order valence-electron chi connectivity index (χ0n) is 13.7. The van der Waals surface area contributed by atoms with E-state index in [1.54, 1.807) is 36.2 Å². The van der Waals surface area contributed by atoms with Crippen LogP contribution in [-0.4, -0.2) is 59.2 Å². The van der Waals surface area contributed by atoms with Crippen molar-refractivity contribution in [3.63, 3.8) is 0 Å². The average Bonchev–Trinajstić information content (AvgIpc) is 3.06. The minimum Gasteiger partial charge on any atom is -0.341 e. The first-order valence-corrected chi connectivity index (χ1v) is 8.51. The van der Waals surface area contributed by atoms with Gasteiger partial charge in [0.15, 0.2) is 0 Å². The van der Waals surface area contributed by atoms with Crippen LogP contribution in [-0.2, 0) is 4.79 Å². The maximum Gasteiger partial charge on any atom is 0.262 e. The highest BCUT2D eigenvalue weighted by atomic mass is 16.2. The third kappa shape index (κ3) is 2.41. The molecule has 2 fully saturated rings. The lowest BCUT2D eigenvalue weighted by Crippen LogP contribution is -2.51. The van der Waals surface area contributed by atoms with Crippen LogP contribution in [0, 0.1) is 0 Å². The van der Waals surface area contributed by atoms with Crippen LogP contribution in [0.2, 0.25) is 0 Å². The van der Waals surface area contributed by atoms with Crippen molar-refractivity contribution in [1.29, 1.82) is 0 Å². The van der Waals surface area contributed by atoms with Crippen LogP contribution in [0.5, 0.6) is 0 Å². The molecule has 1 N–H and O–H groups in total. The third-order valence-corrected chi connectivity index (χ3v) is 5.56. The number of nitrogens with zero attached hydrogens (tertiary/aromatic N) is 2. The van der Waals surface area contributed by atoms with Crippen LogP contribution in [0.25, 0.3) is 0 Å². The first-order chi connectivity index (χ1) is 11.5. The van der Waals surface area contributed by atoms with E-state index in [-0.39, 0.29) is 30.3 Å². The Hall–Kier alpha value is -2.21. The maximum absolute atomic E-state index is 12.6. The van der Waals surface area contributed by atoms with Crippen molar-refractivity contribution in [1.82, 2.24) is 15.1 Å². The molecule has 1 aromatic carbocycles. The number of carbonyl (C=O) groups excluding carboxylic acids is 3. The van der Waals surface area contributed by atoms with E-state index >= 15 is 0 Å². The largest absolute Gasteiger partial charge is 0.341 e. The smallest absolute Gasteiger partial charge is 0.262 e. The molecule has 2 bridgehead atoms. The normalized spacial score (nSPS) is 28.2. The molecule has 3 heterocycles. The number of nitrogens with one attached hydrogen (secondary N) is 1. The number of imide groups is 1. The van der Waals surface area contributed by atoms with E-state index in [9.17, 15) is 14.4 Å². The highest BCUT2D eigenvalue weighted by Gasteiger charge is 2.39. The minimum absolute atomic E-state index is 0.171. The van der Waals surface area contributed by atoms with Gasteiger partial charge < -0.3 is 10.2 Å². The molecule has 6 nitrogen and oxygen atoms in total. The van der Waals surface area contributed by atoms with Crippen molar-refractivity contribution in [2.75, 3.05) is 13.6 Å². The molecule has 2 atom stereocenters. The zero-order valence-corrected chi connectivity index (χ0v) is 13.7. The second-order valence-electron chi connectivity index (χ2n) is 7.01. The fraction of sp³-hybridized carbons (Fsp3) is 0.500. The first kappa shape index (κ1) is 15.3. The van der Waals surface area contributed by atoms with Crippen molar-refractivity contribution in [2.45, 2.75) is 43.8 Å². The van der Waals surface area contributed by atoms with Crippen LogP contribution >= 0.6 is 0 Å². The van der Waals surface area contributed by atoms with Crippen LogP contribution in [0.3, 0.4) is 0 Å². The van der Waals surface area contributed by atoms with Gasteiger partial charge in [0.2, 0.25) is 5.91 Å². The molecular formula is C18H21N3O3. The van der Waals surface area contributed by atoms with Gasteiger partial charge in [0, 0.05) is 25.2 Å². The van der Waals surface area contributed by atoms with E-state index < -0.39 is 0 Å². The van der Waals surface area contributed by atoms with Gasteiger partial charge in [0.1, 0.15) is 6.54 Å². The summed E-state index contributed by atoms with van der Waals surface area (Å²) in [4.78, 5) is 40.2. The SMILES string of the molecule is CN(C(=O)CN1C(=O)c2ccccc2C1=O)C1CC2CCC(C1)N2. The lowest BCUT2D eigenvalue weighted by molar-refractivity contribution is -0.133. The molecule has 3 aliphatic rings. The molecule has 6 heteroatoms. The minimum atomic E-state index is -0.372. The summed E-state index contributed by atoms with van der Waals surface area (Å²) in [5.74, 6) is -0.915. The fourth-order valence-electron chi connectivity index (χ4n) is 4.18. The summed E-state index contributed by atoms with van der Waals surface area (Å²) >= 11 is 0. The molecule has 24 heavy (non-hydrogen) atoms. The molecule has 0 saturated carbocycles. The Labute approximate surface area is 140 Å². The van der Waals surface area contributed by atoms with E-state index in [1.807, 2.05) is 0 Å². The predicted octanol–water partition coefficient (Wildman–Crippen LogP) is 1.02. The summed E-state index contributed by atoms with van der Waals surface area (Å²) < 4.78 is 0. The number of hydrogen-bond acceptors (Lipinski definition) is 4. The second-order valence-corrected chi connectivity index (χ2v) is 7.01. The molecule has 3 amide bonds. The predicted molar refractivity (Wildman–Crippen MR) is 87.5 cm³/mol. The molecular weight excluding hydrogens is 306 g/mol. The number of likely N-dealkylation sites (N-methyl/N-ethyl adjacent to an activating group) is 1. The number of benzene rings is 1. The molecule has 4 rings (SSSR count). The van der Waals surface area contributed by atoms with E-state index in [0.717, 1.165) is 17.7 Å². The Morgan fingerprint density at radius 3 is 2.21 bits per heavy atom. The molecule has 3 aliphatic heterocycles. The second kappa shape index (κ2) is 5.70. The number of carbonyl (C=O) groups is 3. The zero-order chi connectivity index (χ0) is 16.8. The summed E-state index contributed by atoms with van der Waals surface area (Å²) in [5.41, 5.74) is 0.774. The Morgan fingerprint density at radius 2 is 1.67 bits per heavy atom. The van der Waals surface area contributed by atoms with Gasteiger partial charge in [-0.1, -0.05) is 12.1 Å². The van der Waals surface area contributed by atoms with Crippen molar-refractivity contribution >= 4 is 17.7 Å². The lowest BCUT2D eigenvalue weighted by Gasteiger charge is -2.36. The molecule has 2 saturated heterocycles. The Bertz CT molecular complexity index is 670. The number of hydrogen-bond donors (Lipinski definition) is 1. The highest BCUT2D eigenvalue weighted by molar-refractivity contribution is 6.22. The molecule has 1 aromatic rings. The van der Waals surface area contributed by atoms with Gasteiger partial charge in [-0.2, -0.15) is 0 Å². The number of piperidine rings is 1. The molecule has 0 spiro atoms. The van der Waals surface area contributed by atoms with Gasteiger partial charge in [-0.15, -0.1) is 0 Å². The molecule has 2 unspecified atom stereocenters. The molecule has 0 aromatic heterocycles. The molecule has 0 radical (unpaired) electrons. The highest BCUT2D eigenvalue weighted by Crippen LogP contribution is 2.29. The summed E-state index contributed by atoms with van der Waals surface area (Å²) in [6, 6.07) is 7.89. The number of rotatable bonds is 3. The number of fused-ring (bicyclic) bond motifs is 3. The molecule has 0 aliphatic carbocycles. The average molecular weight is 327 g/mol.